The van der Waals surface area contributed by atoms with Crippen LogP contribution in [0.15, 0.2) is 24.4 Å². The number of nitrogens with one attached hydrogen (secondary N) is 2. The van der Waals surface area contributed by atoms with E-state index in [1.807, 2.05) is 19.3 Å². The van der Waals surface area contributed by atoms with Gasteiger partial charge in [0, 0.05) is 31.4 Å². The molecule has 0 unspecified atom stereocenters. The van der Waals surface area contributed by atoms with E-state index in [9.17, 15) is 0 Å². The Morgan fingerprint density at radius 3 is 3.00 bits per heavy atom. The summed E-state index contributed by atoms with van der Waals surface area (Å²) in [5.74, 6) is 0.588. The van der Waals surface area contributed by atoms with Gasteiger partial charge in [-0.3, -0.25) is 5.10 Å². The second-order valence-electron chi connectivity index (χ2n) is 4.76. The van der Waals surface area contributed by atoms with Crippen molar-refractivity contribution in [1.82, 2.24) is 20.1 Å². The number of nitrogens with zero attached hydrogens (tertiary/aromatic N) is 2. The minimum absolute atomic E-state index is 0. The lowest BCUT2D eigenvalue weighted by Crippen LogP contribution is -2.28. The molecule has 1 fully saturated rings. The Hall–Kier alpha value is -1.26. The molecule has 0 saturated carbocycles. The fourth-order valence-electron chi connectivity index (χ4n) is 2.52. The Labute approximate surface area is 113 Å². The molecule has 0 spiro atoms. The Balaban J connectivity index is 0.00000120. The lowest BCUT2D eigenvalue weighted by Gasteiger charge is -2.21. The second kappa shape index (κ2) is 5.59. The minimum atomic E-state index is 0. The topological polar surface area (TPSA) is 45.6 Å². The molecule has 0 aliphatic carbocycles. The minimum Gasteiger partial charge on any atom is -0.349 e. The van der Waals surface area contributed by atoms with Gasteiger partial charge in [0.1, 0.15) is 5.69 Å². The first-order valence-electron chi connectivity index (χ1n) is 6.22. The summed E-state index contributed by atoms with van der Waals surface area (Å²) < 4.78 is 2.10. The maximum absolute atomic E-state index is 4.42. The summed E-state index contributed by atoms with van der Waals surface area (Å²) >= 11 is 0. The second-order valence-corrected chi connectivity index (χ2v) is 4.76. The number of rotatable bonds is 2. The van der Waals surface area contributed by atoms with Gasteiger partial charge in [-0.25, -0.2) is 0 Å². The molecule has 5 heteroatoms. The third kappa shape index (κ3) is 2.44. The van der Waals surface area contributed by atoms with Crippen molar-refractivity contribution in [2.45, 2.75) is 18.8 Å². The molecule has 98 valence electrons. The van der Waals surface area contributed by atoms with E-state index in [2.05, 4.69) is 32.2 Å². The third-order valence-electron chi connectivity index (χ3n) is 3.54. The van der Waals surface area contributed by atoms with E-state index >= 15 is 0 Å². The molecule has 0 aromatic carbocycles. The van der Waals surface area contributed by atoms with Gasteiger partial charge in [-0.2, -0.15) is 5.10 Å². The van der Waals surface area contributed by atoms with Gasteiger partial charge in [0.2, 0.25) is 0 Å². The van der Waals surface area contributed by atoms with Crippen LogP contribution in [-0.4, -0.2) is 27.9 Å². The summed E-state index contributed by atoms with van der Waals surface area (Å²) in [6.45, 7) is 2.21. The predicted molar refractivity (Wildman–Crippen MR) is 75.1 cm³/mol. The third-order valence-corrected chi connectivity index (χ3v) is 3.54. The average Bonchev–Trinajstić information content (AvgIpc) is 2.98. The van der Waals surface area contributed by atoms with Gasteiger partial charge in [0.15, 0.2) is 0 Å². The van der Waals surface area contributed by atoms with Crippen molar-refractivity contribution < 1.29 is 0 Å². The highest BCUT2D eigenvalue weighted by Gasteiger charge is 2.18. The zero-order chi connectivity index (χ0) is 11.7. The Morgan fingerprint density at radius 1 is 1.44 bits per heavy atom. The fourth-order valence-corrected chi connectivity index (χ4v) is 2.52. The van der Waals surface area contributed by atoms with Crippen LogP contribution in [0.5, 0.6) is 0 Å². The summed E-state index contributed by atoms with van der Waals surface area (Å²) in [4.78, 5) is 0. The maximum Gasteiger partial charge on any atom is 0.109 e. The number of piperidine rings is 1. The molecule has 3 heterocycles. The molecular formula is C13H19ClN4. The van der Waals surface area contributed by atoms with Crippen molar-refractivity contribution in [3.63, 3.8) is 0 Å². The van der Waals surface area contributed by atoms with Gasteiger partial charge in [-0.05, 0) is 37.6 Å². The number of hydrogen-bond donors (Lipinski definition) is 2. The average molecular weight is 267 g/mol. The molecule has 1 aliphatic heterocycles. The van der Waals surface area contributed by atoms with Gasteiger partial charge in [-0.15, -0.1) is 12.4 Å². The molecule has 2 aromatic rings. The van der Waals surface area contributed by atoms with E-state index in [1.165, 1.54) is 18.5 Å². The molecule has 0 amide bonds. The van der Waals surface area contributed by atoms with Crippen molar-refractivity contribution >= 4 is 12.4 Å². The predicted octanol–water partition coefficient (Wildman–Crippen LogP) is 2.30. The monoisotopic (exact) mass is 266 g/mol. The van der Waals surface area contributed by atoms with Gasteiger partial charge in [0.25, 0.3) is 0 Å². The molecule has 0 radical (unpaired) electrons. The summed E-state index contributed by atoms with van der Waals surface area (Å²) in [6.07, 6.45) is 4.55. The van der Waals surface area contributed by atoms with Crippen LogP contribution in [0.25, 0.3) is 11.4 Å². The van der Waals surface area contributed by atoms with Crippen molar-refractivity contribution in [2.75, 3.05) is 13.1 Å². The zero-order valence-electron chi connectivity index (χ0n) is 10.5. The molecular weight excluding hydrogens is 248 g/mol. The van der Waals surface area contributed by atoms with Crippen molar-refractivity contribution in [3.8, 4) is 11.4 Å². The van der Waals surface area contributed by atoms with E-state index < -0.39 is 0 Å². The van der Waals surface area contributed by atoms with Crippen LogP contribution in [0, 0.1) is 0 Å². The van der Waals surface area contributed by atoms with Gasteiger partial charge in [0.05, 0.1) is 5.69 Å². The smallest absolute Gasteiger partial charge is 0.109 e. The number of aromatic amines is 1. The highest BCUT2D eigenvalue weighted by atomic mass is 35.5. The van der Waals surface area contributed by atoms with Crippen molar-refractivity contribution in [1.29, 1.82) is 0 Å². The van der Waals surface area contributed by atoms with Gasteiger partial charge in [-0.1, -0.05) is 0 Å². The fraction of sp³-hybridized carbons (Fsp3) is 0.462. The van der Waals surface area contributed by atoms with Crippen LogP contribution >= 0.6 is 12.4 Å². The largest absolute Gasteiger partial charge is 0.349 e. The van der Waals surface area contributed by atoms with E-state index in [0.717, 1.165) is 24.5 Å². The molecule has 0 bridgehead atoms. The van der Waals surface area contributed by atoms with Crippen LogP contribution in [0.2, 0.25) is 0 Å². The Morgan fingerprint density at radius 2 is 2.33 bits per heavy atom. The molecule has 3 rings (SSSR count). The standard InChI is InChI=1S/C13H18N4.ClH/c1-17-7-3-5-13(17)12-8-11(15-16-12)10-4-2-6-14-9-10;/h3,5,7-8,10,14H,2,4,6,9H2,1H3,(H,15,16);1H/t10-;/m0./s1. The zero-order valence-corrected chi connectivity index (χ0v) is 11.3. The summed E-state index contributed by atoms with van der Waals surface area (Å²) in [7, 11) is 2.05. The van der Waals surface area contributed by atoms with Crippen LogP contribution < -0.4 is 5.32 Å². The van der Waals surface area contributed by atoms with Crippen LogP contribution in [0.1, 0.15) is 24.5 Å². The first kappa shape index (κ1) is 13.2. The van der Waals surface area contributed by atoms with Crippen molar-refractivity contribution in [2.24, 2.45) is 7.05 Å². The summed E-state index contributed by atoms with van der Waals surface area (Å²) in [6, 6.07) is 6.33. The molecule has 1 aliphatic rings. The molecule has 1 saturated heterocycles. The van der Waals surface area contributed by atoms with Crippen molar-refractivity contribution in [3.05, 3.63) is 30.1 Å². The molecule has 1 atom stereocenters. The quantitative estimate of drug-likeness (QED) is 0.876. The van der Waals surface area contributed by atoms with Crippen LogP contribution in [0.3, 0.4) is 0 Å². The first-order valence-corrected chi connectivity index (χ1v) is 6.22. The maximum atomic E-state index is 4.42. The normalized spacial score (nSPS) is 19.5. The summed E-state index contributed by atoms with van der Waals surface area (Å²) in [5.41, 5.74) is 3.46. The SMILES string of the molecule is Cl.Cn1cccc1-c1cc([C@H]2CCCNC2)[nH]n1. The van der Waals surface area contributed by atoms with E-state index in [1.54, 1.807) is 0 Å². The number of halogens is 1. The molecule has 2 N–H and O–H groups in total. The molecule has 2 aromatic heterocycles. The van der Waals surface area contributed by atoms with E-state index in [-0.39, 0.29) is 12.4 Å². The summed E-state index contributed by atoms with van der Waals surface area (Å²) in [5, 5.41) is 11.0. The highest BCUT2D eigenvalue weighted by Crippen LogP contribution is 2.25. The highest BCUT2D eigenvalue weighted by molar-refractivity contribution is 5.85. The van der Waals surface area contributed by atoms with E-state index in [4.69, 9.17) is 0 Å². The molecule has 18 heavy (non-hydrogen) atoms. The lowest BCUT2D eigenvalue weighted by molar-refractivity contribution is 0.454. The van der Waals surface area contributed by atoms with Gasteiger partial charge >= 0.3 is 0 Å². The Kier molecular flexibility index (Phi) is 4.09. The number of aryl methyl sites for hydroxylation is 1. The Bertz CT molecular complexity index is 497. The first-order chi connectivity index (χ1) is 8.34. The number of hydrogen-bond acceptors (Lipinski definition) is 2. The van der Waals surface area contributed by atoms with Crippen LogP contribution in [-0.2, 0) is 7.05 Å². The van der Waals surface area contributed by atoms with E-state index in [0.29, 0.717) is 5.92 Å². The number of H-pyrrole nitrogens is 1. The molecule has 4 nitrogen and oxygen atoms in total. The lowest BCUT2D eigenvalue weighted by atomic mass is 9.96. The van der Waals surface area contributed by atoms with Gasteiger partial charge < -0.3 is 9.88 Å². The number of aromatic nitrogens is 3. The van der Waals surface area contributed by atoms with Crippen LogP contribution in [0.4, 0.5) is 0 Å².